The first-order valence-electron chi connectivity index (χ1n) is 7.85. The van der Waals surface area contributed by atoms with Crippen molar-refractivity contribution in [2.45, 2.75) is 25.2 Å². The average molecular weight is 382 g/mol. The van der Waals surface area contributed by atoms with E-state index in [4.69, 9.17) is 11.6 Å². The van der Waals surface area contributed by atoms with Gasteiger partial charge in [-0.1, -0.05) is 36.7 Å². The van der Waals surface area contributed by atoms with Crippen molar-refractivity contribution < 1.29 is 18.3 Å². The minimum Gasteiger partial charge on any atom is -0.478 e. The zero-order valence-corrected chi connectivity index (χ0v) is 15.6. The molecule has 0 bridgehead atoms. The Morgan fingerprint density at radius 3 is 2.36 bits per heavy atom. The molecule has 0 aliphatic carbocycles. The lowest BCUT2D eigenvalue weighted by Crippen LogP contribution is -2.33. The van der Waals surface area contributed by atoms with Crippen LogP contribution in [0.15, 0.2) is 47.4 Å². The number of likely N-dealkylation sites (N-methyl/N-ethyl adjacent to an activating group) is 1. The van der Waals surface area contributed by atoms with E-state index in [1.807, 2.05) is 12.1 Å². The lowest BCUT2D eigenvalue weighted by molar-refractivity contribution is 0.0696. The maximum Gasteiger partial charge on any atom is 0.335 e. The maximum atomic E-state index is 12.9. The van der Waals surface area contributed by atoms with Gasteiger partial charge < -0.3 is 5.11 Å². The summed E-state index contributed by atoms with van der Waals surface area (Å²) in [6, 6.07) is 11.6. The fourth-order valence-electron chi connectivity index (χ4n) is 2.62. The highest BCUT2D eigenvalue weighted by Crippen LogP contribution is 2.23. The number of rotatable bonds is 7. The fourth-order valence-corrected chi connectivity index (χ4v) is 4.44. The van der Waals surface area contributed by atoms with Crippen LogP contribution in [0, 0.1) is 6.92 Å². The van der Waals surface area contributed by atoms with Crippen molar-refractivity contribution in [1.29, 1.82) is 0 Å². The van der Waals surface area contributed by atoms with Crippen LogP contribution in [0.1, 0.15) is 28.4 Å². The number of halogens is 1. The van der Waals surface area contributed by atoms with E-state index >= 15 is 0 Å². The molecule has 0 saturated heterocycles. The molecule has 134 valence electrons. The monoisotopic (exact) mass is 381 g/mol. The molecule has 0 aliphatic heterocycles. The predicted molar refractivity (Wildman–Crippen MR) is 97.7 cm³/mol. The number of carbonyl (C=O) groups is 1. The summed E-state index contributed by atoms with van der Waals surface area (Å²) < 4.78 is 27.2. The quantitative estimate of drug-likeness (QED) is 0.795. The Labute approximate surface area is 152 Å². The summed E-state index contributed by atoms with van der Waals surface area (Å²) in [6.07, 6.45) is 0.544. The van der Waals surface area contributed by atoms with Gasteiger partial charge in [-0.2, -0.15) is 4.31 Å². The van der Waals surface area contributed by atoms with Crippen LogP contribution in [0.5, 0.6) is 0 Å². The minimum atomic E-state index is -3.77. The fraction of sp³-hybridized carbons (Fsp3) is 0.278. The van der Waals surface area contributed by atoms with Crippen molar-refractivity contribution in [3.63, 3.8) is 0 Å². The Balaban J connectivity index is 2.28. The first kappa shape index (κ1) is 19.4. The van der Waals surface area contributed by atoms with Gasteiger partial charge in [-0.15, -0.1) is 0 Å². The number of sulfonamides is 1. The van der Waals surface area contributed by atoms with Gasteiger partial charge >= 0.3 is 5.97 Å². The number of carboxylic acids is 1. The highest BCUT2D eigenvalue weighted by atomic mass is 35.5. The molecule has 0 aromatic heterocycles. The summed E-state index contributed by atoms with van der Waals surface area (Å²) in [6.45, 7) is 3.88. The van der Waals surface area contributed by atoms with Crippen LogP contribution in [0.25, 0.3) is 0 Å². The largest absolute Gasteiger partial charge is 0.478 e. The van der Waals surface area contributed by atoms with Crippen molar-refractivity contribution in [2.75, 3.05) is 13.1 Å². The molecule has 0 fully saturated rings. The van der Waals surface area contributed by atoms with Crippen LogP contribution in [-0.2, 0) is 16.4 Å². The number of carboxylic acid groups (broad SMARTS) is 1. The van der Waals surface area contributed by atoms with Crippen LogP contribution >= 0.6 is 11.6 Å². The zero-order valence-electron chi connectivity index (χ0n) is 14.1. The molecule has 5 nitrogen and oxygen atoms in total. The number of aromatic carboxylic acids is 1. The average Bonchev–Trinajstić information content (AvgIpc) is 2.56. The Morgan fingerprint density at radius 2 is 1.80 bits per heavy atom. The van der Waals surface area contributed by atoms with Crippen LogP contribution < -0.4 is 0 Å². The SMILES string of the molecule is CCN(CCc1ccc(Cl)cc1)S(=O)(=O)c1cccc(C(=O)O)c1C. The van der Waals surface area contributed by atoms with E-state index in [1.54, 1.807) is 19.1 Å². The maximum absolute atomic E-state index is 12.9. The molecule has 25 heavy (non-hydrogen) atoms. The molecule has 2 rings (SSSR count). The van der Waals surface area contributed by atoms with Gasteiger partial charge in [0.2, 0.25) is 10.0 Å². The third-order valence-corrected chi connectivity index (χ3v) is 6.42. The van der Waals surface area contributed by atoms with Crippen molar-refractivity contribution in [1.82, 2.24) is 4.31 Å². The zero-order chi connectivity index (χ0) is 18.6. The summed E-state index contributed by atoms with van der Waals surface area (Å²) in [4.78, 5) is 11.3. The molecule has 0 radical (unpaired) electrons. The second kappa shape index (κ2) is 7.99. The first-order valence-corrected chi connectivity index (χ1v) is 9.66. The summed E-state index contributed by atoms with van der Waals surface area (Å²) in [7, 11) is -3.77. The second-order valence-corrected chi connectivity index (χ2v) is 7.95. The summed E-state index contributed by atoms with van der Waals surface area (Å²) in [5.41, 5.74) is 1.23. The van der Waals surface area contributed by atoms with E-state index in [-0.39, 0.29) is 16.0 Å². The topological polar surface area (TPSA) is 74.7 Å². The molecule has 0 aliphatic rings. The van der Waals surface area contributed by atoms with Gasteiger partial charge in [0.25, 0.3) is 0 Å². The smallest absolute Gasteiger partial charge is 0.335 e. The molecular formula is C18H20ClNO4S. The van der Waals surface area contributed by atoms with Gasteiger partial charge in [0, 0.05) is 18.1 Å². The lowest BCUT2D eigenvalue weighted by atomic mass is 10.1. The van der Waals surface area contributed by atoms with E-state index in [2.05, 4.69) is 0 Å². The summed E-state index contributed by atoms with van der Waals surface area (Å²) in [5.74, 6) is -1.14. The normalized spacial score (nSPS) is 11.7. The van der Waals surface area contributed by atoms with Gasteiger partial charge in [-0.3, -0.25) is 0 Å². The molecule has 7 heteroatoms. The standard InChI is InChI=1S/C18H20ClNO4S/c1-3-20(12-11-14-7-9-15(19)10-8-14)25(23,24)17-6-4-5-16(13(17)2)18(21)22/h4-10H,3,11-12H2,1-2H3,(H,21,22). The number of hydrogen-bond acceptors (Lipinski definition) is 3. The van der Waals surface area contributed by atoms with Crippen molar-refractivity contribution in [3.05, 3.63) is 64.2 Å². The van der Waals surface area contributed by atoms with Gasteiger partial charge in [-0.05, 0) is 48.7 Å². The molecular weight excluding hydrogens is 362 g/mol. The highest BCUT2D eigenvalue weighted by molar-refractivity contribution is 7.89. The summed E-state index contributed by atoms with van der Waals surface area (Å²) >= 11 is 5.86. The van der Waals surface area contributed by atoms with E-state index in [1.165, 1.54) is 29.4 Å². The molecule has 0 unspecified atom stereocenters. The van der Waals surface area contributed by atoms with E-state index in [0.717, 1.165) is 5.56 Å². The molecule has 2 aromatic carbocycles. The minimum absolute atomic E-state index is 0.00479. The molecule has 0 atom stereocenters. The Morgan fingerprint density at radius 1 is 1.16 bits per heavy atom. The molecule has 0 spiro atoms. The van der Waals surface area contributed by atoms with E-state index in [9.17, 15) is 18.3 Å². The Kier molecular flexibility index (Phi) is 6.21. The van der Waals surface area contributed by atoms with Crippen LogP contribution in [0.4, 0.5) is 0 Å². The summed E-state index contributed by atoms with van der Waals surface area (Å²) in [5, 5.41) is 9.84. The van der Waals surface area contributed by atoms with Gasteiger partial charge in [0.1, 0.15) is 0 Å². The van der Waals surface area contributed by atoms with Crippen molar-refractivity contribution >= 4 is 27.6 Å². The first-order chi connectivity index (χ1) is 11.8. The molecule has 0 heterocycles. The molecule has 1 N–H and O–H groups in total. The third-order valence-electron chi connectivity index (χ3n) is 4.05. The Hall–Kier alpha value is -1.89. The predicted octanol–water partition coefficient (Wildman–Crippen LogP) is 3.60. The number of benzene rings is 2. The number of hydrogen-bond donors (Lipinski definition) is 1. The van der Waals surface area contributed by atoms with E-state index < -0.39 is 16.0 Å². The highest BCUT2D eigenvalue weighted by Gasteiger charge is 2.26. The molecule has 2 aromatic rings. The van der Waals surface area contributed by atoms with Crippen LogP contribution in [0.3, 0.4) is 0 Å². The number of nitrogens with zero attached hydrogens (tertiary/aromatic N) is 1. The van der Waals surface area contributed by atoms with Crippen molar-refractivity contribution in [3.8, 4) is 0 Å². The second-order valence-electron chi connectivity index (χ2n) is 5.61. The molecule has 0 amide bonds. The van der Waals surface area contributed by atoms with Gasteiger partial charge in [0.05, 0.1) is 10.5 Å². The third kappa shape index (κ3) is 4.39. The van der Waals surface area contributed by atoms with Crippen LogP contribution in [0.2, 0.25) is 5.02 Å². The van der Waals surface area contributed by atoms with Gasteiger partial charge in [-0.25, -0.2) is 13.2 Å². The molecule has 0 saturated carbocycles. The van der Waals surface area contributed by atoms with Crippen molar-refractivity contribution in [2.24, 2.45) is 0 Å². The van der Waals surface area contributed by atoms with Gasteiger partial charge in [0.15, 0.2) is 0 Å². The lowest BCUT2D eigenvalue weighted by Gasteiger charge is -2.22. The van der Waals surface area contributed by atoms with E-state index in [0.29, 0.717) is 24.5 Å². The Bertz CT molecular complexity index is 863. The van der Waals surface area contributed by atoms with Crippen LogP contribution in [-0.4, -0.2) is 36.9 Å².